The van der Waals surface area contributed by atoms with E-state index in [2.05, 4.69) is 13.2 Å². The van der Waals surface area contributed by atoms with E-state index in [1.54, 1.807) is 13.8 Å². The second-order valence-electron chi connectivity index (χ2n) is 3.83. The van der Waals surface area contributed by atoms with E-state index in [0.29, 0.717) is 5.57 Å². The van der Waals surface area contributed by atoms with Crippen molar-refractivity contribution in [3.8, 4) is 6.07 Å². The van der Waals surface area contributed by atoms with Crippen LogP contribution in [0.2, 0.25) is 0 Å². The molecular weight excluding hydrogens is 250 g/mol. The summed E-state index contributed by atoms with van der Waals surface area (Å²) in [6, 6.07) is 1.37. The Morgan fingerprint density at radius 2 is 1.74 bits per heavy atom. The molecule has 0 aliphatic rings. The predicted molar refractivity (Wildman–Crippen MR) is 69.0 cm³/mol. The number of carboxylic acids is 1. The summed E-state index contributed by atoms with van der Waals surface area (Å²) < 4.78 is 10.0. The Morgan fingerprint density at radius 1 is 1.26 bits per heavy atom. The highest BCUT2D eigenvalue weighted by atomic mass is 16.7. The number of esters is 1. The lowest BCUT2D eigenvalue weighted by Crippen LogP contribution is -2.21. The maximum atomic E-state index is 10.9. The summed E-state index contributed by atoms with van der Waals surface area (Å²) >= 11 is 0. The number of nitrogens with zero attached hydrogens (tertiary/aromatic N) is 1. The maximum absolute atomic E-state index is 10.9. The molecule has 0 spiro atoms. The average Bonchev–Trinajstić information content (AvgIpc) is 2.27. The van der Waals surface area contributed by atoms with Crippen molar-refractivity contribution in [3.63, 3.8) is 0 Å². The first kappa shape index (κ1) is 19.2. The predicted octanol–water partition coefficient (Wildman–Crippen LogP) is 2.03. The Labute approximate surface area is 112 Å². The standard InChI is InChI=1S/C9H16O3.C4H3NO2/c1-6(2)9(10)12-8(5)11-7(3)4;1-3(2-5)4(6)7/h7-8H,1H2,2-5H3;1H2,(H,6,7). The Hall–Kier alpha value is -2.13. The molecule has 19 heavy (non-hydrogen) atoms. The summed E-state index contributed by atoms with van der Waals surface area (Å²) in [5.74, 6) is -1.68. The van der Waals surface area contributed by atoms with Crippen molar-refractivity contribution in [3.05, 3.63) is 24.3 Å². The summed E-state index contributed by atoms with van der Waals surface area (Å²) in [6.07, 6.45) is -0.452. The van der Waals surface area contributed by atoms with Gasteiger partial charge in [-0.2, -0.15) is 5.26 Å². The molecule has 0 heterocycles. The Morgan fingerprint density at radius 3 is 1.95 bits per heavy atom. The van der Waals surface area contributed by atoms with Crippen molar-refractivity contribution in [1.82, 2.24) is 0 Å². The molecule has 6 heteroatoms. The van der Waals surface area contributed by atoms with E-state index < -0.39 is 23.8 Å². The van der Waals surface area contributed by atoms with E-state index in [4.69, 9.17) is 19.8 Å². The Balaban J connectivity index is 0. The molecule has 1 unspecified atom stereocenters. The van der Waals surface area contributed by atoms with Crippen LogP contribution in [0.5, 0.6) is 0 Å². The number of carboxylic acid groups (broad SMARTS) is 1. The van der Waals surface area contributed by atoms with E-state index in [0.717, 1.165) is 0 Å². The van der Waals surface area contributed by atoms with Gasteiger partial charge in [-0.3, -0.25) is 0 Å². The summed E-state index contributed by atoms with van der Waals surface area (Å²) in [5.41, 5.74) is -0.0470. The number of nitriles is 1. The van der Waals surface area contributed by atoms with E-state index in [1.165, 1.54) is 6.07 Å². The Bertz CT molecular complexity index is 392. The fraction of sp³-hybridized carbons (Fsp3) is 0.462. The molecule has 0 saturated carbocycles. The van der Waals surface area contributed by atoms with Crippen LogP contribution < -0.4 is 0 Å². The third-order valence-corrected chi connectivity index (χ3v) is 1.48. The second-order valence-corrected chi connectivity index (χ2v) is 3.83. The molecule has 0 saturated heterocycles. The van der Waals surface area contributed by atoms with Crippen molar-refractivity contribution in [2.75, 3.05) is 0 Å². The van der Waals surface area contributed by atoms with Gasteiger partial charge in [0, 0.05) is 5.57 Å². The molecule has 0 aromatic rings. The lowest BCUT2D eigenvalue weighted by molar-refractivity contribution is -0.177. The topological polar surface area (TPSA) is 96.6 Å². The molecule has 0 aromatic heterocycles. The molecule has 0 aliphatic heterocycles. The number of aliphatic carboxylic acids is 1. The number of hydrogen-bond acceptors (Lipinski definition) is 5. The van der Waals surface area contributed by atoms with Gasteiger partial charge < -0.3 is 14.6 Å². The lowest BCUT2D eigenvalue weighted by atomic mass is 10.4. The monoisotopic (exact) mass is 269 g/mol. The fourth-order valence-corrected chi connectivity index (χ4v) is 0.710. The van der Waals surface area contributed by atoms with Crippen molar-refractivity contribution in [1.29, 1.82) is 5.26 Å². The minimum absolute atomic E-state index is 0.0536. The Kier molecular flexibility index (Phi) is 9.97. The second kappa shape index (κ2) is 9.85. The van der Waals surface area contributed by atoms with Gasteiger partial charge in [0.25, 0.3) is 0 Å². The van der Waals surface area contributed by atoms with E-state index in [1.807, 2.05) is 13.8 Å². The largest absolute Gasteiger partial charge is 0.477 e. The third kappa shape index (κ3) is 12.1. The summed E-state index contributed by atoms with van der Waals surface area (Å²) in [7, 11) is 0. The van der Waals surface area contributed by atoms with Crippen LogP contribution in [0, 0.1) is 11.3 Å². The molecule has 0 aliphatic carbocycles. The zero-order chi connectivity index (χ0) is 15.6. The maximum Gasteiger partial charge on any atom is 0.345 e. The van der Waals surface area contributed by atoms with Gasteiger partial charge >= 0.3 is 11.9 Å². The number of rotatable bonds is 5. The van der Waals surface area contributed by atoms with Crippen LogP contribution >= 0.6 is 0 Å². The molecular formula is C13H19NO5. The molecule has 0 aromatic carbocycles. The van der Waals surface area contributed by atoms with Gasteiger partial charge in [-0.25, -0.2) is 9.59 Å². The van der Waals surface area contributed by atoms with E-state index in [-0.39, 0.29) is 6.10 Å². The summed E-state index contributed by atoms with van der Waals surface area (Å²) in [6.45, 7) is 13.4. The summed E-state index contributed by atoms with van der Waals surface area (Å²) in [4.78, 5) is 20.5. The highest BCUT2D eigenvalue weighted by Crippen LogP contribution is 2.02. The molecule has 0 fully saturated rings. The third-order valence-electron chi connectivity index (χ3n) is 1.48. The molecule has 0 radical (unpaired) electrons. The minimum atomic E-state index is -1.26. The number of carbonyl (C=O) groups is 2. The number of hydrogen-bond donors (Lipinski definition) is 1. The normalized spacial score (nSPS) is 10.5. The van der Waals surface area contributed by atoms with E-state index >= 15 is 0 Å². The first-order valence-corrected chi connectivity index (χ1v) is 5.46. The van der Waals surface area contributed by atoms with Crippen molar-refractivity contribution in [2.45, 2.75) is 40.1 Å². The lowest BCUT2D eigenvalue weighted by Gasteiger charge is -2.16. The highest BCUT2D eigenvalue weighted by molar-refractivity contribution is 5.90. The summed E-state index contributed by atoms with van der Waals surface area (Å²) in [5, 5.41) is 15.6. The first-order valence-electron chi connectivity index (χ1n) is 5.46. The average molecular weight is 269 g/mol. The van der Waals surface area contributed by atoms with Gasteiger partial charge in [0.05, 0.1) is 6.10 Å². The molecule has 0 bridgehead atoms. The molecule has 0 amide bonds. The van der Waals surface area contributed by atoms with Crippen LogP contribution in [0.4, 0.5) is 0 Å². The molecule has 0 rings (SSSR count). The van der Waals surface area contributed by atoms with Gasteiger partial charge in [0.1, 0.15) is 11.6 Å². The van der Waals surface area contributed by atoms with Gasteiger partial charge in [0.15, 0.2) is 0 Å². The number of carbonyl (C=O) groups excluding carboxylic acids is 1. The van der Waals surface area contributed by atoms with Crippen LogP contribution in [-0.2, 0) is 19.1 Å². The van der Waals surface area contributed by atoms with Gasteiger partial charge in [-0.15, -0.1) is 0 Å². The number of ether oxygens (including phenoxy) is 2. The van der Waals surface area contributed by atoms with Crippen molar-refractivity contribution in [2.24, 2.45) is 0 Å². The van der Waals surface area contributed by atoms with Crippen LogP contribution in [0.3, 0.4) is 0 Å². The quantitative estimate of drug-likeness (QED) is 0.355. The van der Waals surface area contributed by atoms with Gasteiger partial charge in [-0.1, -0.05) is 13.2 Å². The molecule has 1 atom stereocenters. The molecule has 6 nitrogen and oxygen atoms in total. The SMILES string of the molecule is C=C(C#N)C(=O)O.C=C(C)C(=O)OC(C)OC(C)C. The van der Waals surface area contributed by atoms with Crippen LogP contribution in [0.1, 0.15) is 27.7 Å². The van der Waals surface area contributed by atoms with Crippen molar-refractivity contribution >= 4 is 11.9 Å². The van der Waals surface area contributed by atoms with Crippen LogP contribution in [-0.4, -0.2) is 29.4 Å². The van der Waals surface area contributed by atoms with E-state index in [9.17, 15) is 9.59 Å². The van der Waals surface area contributed by atoms with Gasteiger partial charge in [0.2, 0.25) is 6.29 Å². The molecule has 106 valence electrons. The molecule has 1 N–H and O–H groups in total. The van der Waals surface area contributed by atoms with Crippen molar-refractivity contribution < 1.29 is 24.2 Å². The van der Waals surface area contributed by atoms with Crippen LogP contribution in [0.15, 0.2) is 24.3 Å². The fourth-order valence-electron chi connectivity index (χ4n) is 0.710. The zero-order valence-electron chi connectivity index (χ0n) is 11.6. The first-order chi connectivity index (χ1) is 8.61. The minimum Gasteiger partial charge on any atom is -0.477 e. The smallest absolute Gasteiger partial charge is 0.345 e. The van der Waals surface area contributed by atoms with Crippen LogP contribution in [0.25, 0.3) is 0 Å². The highest BCUT2D eigenvalue weighted by Gasteiger charge is 2.10. The zero-order valence-corrected chi connectivity index (χ0v) is 11.6. The van der Waals surface area contributed by atoms with Gasteiger partial charge in [-0.05, 0) is 27.7 Å².